The Labute approximate surface area is 137 Å². The molecule has 5 nitrogen and oxygen atoms in total. The van der Waals surface area contributed by atoms with Gasteiger partial charge >= 0.3 is 0 Å². The maximum Gasteiger partial charge on any atom is 0.242 e. The highest BCUT2D eigenvalue weighted by atomic mass is 32.2. The van der Waals surface area contributed by atoms with Crippen LogP contribution in [-0.2, 0) is 27.5 Å². The lowest BCUT2D eigenvalue weighted by Crippen LogP contribution is -2.43. The maximum absolute atomic E-state index is 12.3. The standard InChI is InChI=1S/C17H24N2O3S/c1-12(17(20)19-14-9-10-23(21,22)11-14)18-16-8-4-6-13-5-2-3-7-15(13)16/h4,6,8,12,14,18H,2-3,5,7,9-11H2,1H3,(H,19,20). The van der Waals surface area contributed by atoms with Gasteiger partial charge in [0.25, 0.3) is 0 Å². The van der Waals surface area contributed by atoms with Crippen LogP contribution in [0.4, 0.5) is 5.69 Å². The van der Waals surface area contributed by atoms with E-state index in [0.717, 1.165) is 18.5 Å². The van der Waals surface area contributed by atoms with E-state index in [4.69, 9.17) is 0 Å². The van der Waals surface area contributed by atoms with Crippen LogP contribution in [0, 0.1) is 0 Å². The number of fused-ring (bicyclic) bond motifs is 1. The van der Waals surface area contributed by atoms with E-state index in [2.05, 4.69) is 16.7 Å². The van der Waals surface area contributed by atoms with Crippen molar-refractivity contribution in [1.82, 2.24) is 5.32 Å². The van der Waals surface area contributed by atoms with Gasteiger partial charge in [0.15, 0.2) is 9.84 Å². The molecule has 0 aromatic heterocycles. The zero-order chi connectivity index (χ0) is 16.4. The van der Waals surface area contributed by atoms with Crippen molar-refractivity contribution in [3.05, 3.63) is 29.3 Å². The van der Waals surface area contributed by atoms with Crippen molar-refractivity contribution in [2.45, 2.75) is 51.1 Å². The van der Waals surface area contributed by atoms with Gasteiger partial charge in [0.05, 0.1) is 11.5 Å². The number of carbonyl (C=O) groups is 1. The summed E-state index contributed by atoms with van der Waals surface area (Å²) in [7, 11) is -2.97. The van der Waals surface area contributed by atoms with Crippen molar-refractivity contribution >= 4 is 21.4 Å². The van der Waals surface area contributed by atoms with Gasteiger partial charge in [-0.2, -0.15) is 0 Å². The molecule has 0 radical (unpaired) electrons. The van der Waals surface area contributed by atoms with E-state index in [9.17, 15) is 13.2 Å². The predicted molar refractivity (Wildman–Crippen MR) is 91.4 cm³/mol. The van der Waals surface area contributed by atoms with Gasteiger partial charge in [-0.25, -0.2) is 8.42 Å². The normalized spacial score (nSPS) is 23.8. The average Bonchev–Trinajstić information content (AvgIpc) is 2.86. The van der Waals surface area contributed by atoms with Gasteiger partial charge in [0.1, 0.15) is 6.04 Å². The first-order valence-corrected chi connectivity index (χ1v) is 10.1. The van der Waals surface area contributed by atoms with Gasteiger partial charge in [-0.3, -0.25) is 4.79 Å². The summed E-state index contributed by atoms with van der Waals surface area (Å²) in [5.41, 5.74) is 3.72. The molecule has 2 atom stereocenters. The first-order chi connectivity index (χ1) is 10.9. The molecule has 6 heteroatoms. The number of benzene rings is 1. The molecule has 2 N–H and O–H groups in total. The number of anilines is 1. The average molecular weight is 336 g/mol. The van der Waals surface area contributed by atoms with Gasteiger partial charge in [-0.05, 0) is 56.2 Å². The lowest BCUT2D eigenvalue weighted by molar-refractivity contribution is -0.122. The number of nitrogens with one attached hydrogen (secondary N) is 2. The fourth-order valence-corrected chi connectivity index (χ4v) is 5.12. The molecule has 126 valence electrons. The van der Waals surface area contributed by atoms with E-state index < -0.39 is 9.84 Å². The molecule has 2 aliphatic rings. The van der Waals surface area contributed by atoms with Crippen molar-refractivity contribution in [2.24, 2.45) is 0 Å². The number of aryl methyl sites for hydroxylation is 1. The smallest absolute Gasteiger partial charge is 0.242 e. The molecule has 1 amide bonds. The minimum atomic E-state index is -2.97. The van der Waals surface area contributed by atoms with Crippen molar-refractivity contribution < 1.29 is 13.2 Å². The molecular formula is C17H24N2O3S. The number of amides is 1. The summed E-state index contributed by atoms with van der Waals surface area (Å²) in [6, 6.07) is 5.58. The molecule has 1 heterocycles. The van der Waals surface area contributed by atoms with Gasteiger partial charge in [0.2, 0.25) is 5.91 Å². The third-order valence-electron chi connectivity index (χ3n) is 4.74. The highest BCUT2D eigenvalue weighted by Crippen LogP contribution is 2.28. The van der Waals surface area contributed by atoms with Crippen molar-refractivity contribution in [2.75, 3.05) is 16.8 Å². The Balaban J connectivity index is 1.63. The zero-order valence-electron chi connectivity index (χ0n) is 13.5. The third-order valence-corrected chi connectivity index (χ3v) is 6.51. The van der Waals surface area contributed by atoms with Gasteiger partial charge in [-0.1, -0.05) is 12.1 Å². The Kier molecular flexibility index (Phi) is 4.62. The second-order valence-corrected chi connectivity index (χ2v) is 8.85. The molecule has 1 aliphatic heterocycles. The lowest BCUT2D eigenvalue weighted by Gasteiger charge is -2.23. The summed E-state index contributed by atoms with van der Waals surface area (Å²) in [5.74, 6) is 0.0959. The van der Waals surface area contributed by atoms with Crippen LogP contribution in [0.25, 0.3) is 0 Å². The van der Waals surface area contributed by atoms with Crippen LogP contribution in [-0.4, -0.2) is 37.9 Å². The number of rotatable bonds is 4. The second kappa shape index (κ2) is 6.51. The van der Waals surface area contributed by atoms with Gasteiger partial charge in [0, 0.05) is 11.7 Å². The molecule has 0 bridgehead atoms. The first kappa shape index (κ1) is 16.3. The zero-order valence-corrected chi connectivity index (χ0v) is 14.3. The highest BCUT2D eigenvalue weighted by Gasteiger charge is 2.30. The summed E-state index contributed by atoms with van der Waals surface area (Å²) in [6.45, 7) is 1.82. The van der Waals surface area contributed by atoms with E-state index in [1.54, 1.807) is 0 Å². The molecule has 23 heavy (non-hydrogen) atoms. The fraction of sp³-hybridized carbons (Fsp3) is 0.588. The quantitative estimate of drug-likeness (QED) is 0.877. The maximum atomic E-state index is 12.3. The first-order valence-electron chi connectivity index (χ1n) is 8.33. The molecule has 0 spiro atoms. The molecule has 1 aromatic rings. The Hall–Kier alpha value is -1.56. The SMILES string of the molecule is CC(Nc1cccc2c1CCCC2)C(=O)NC1CCS(=O)(=O)C1. The largest absolute Gasteiger partial charge is 0.374 e. The van der Waals surface area contributed by atoms with Gasteiger partial charge < -0.3 is 10.6 Å². The molecule has 3 rings (SSSR count). The van der Waals surface area contributed by atoms with Gasteiger partial charge in [-0.15, -0.1) is 0 Å². The molecule has 2 unspecified atom stereocenters. The molecular weight excluding hydrogens is 312 g/mol. The third kappa shape index (κ3) is 3.86. The van der Waals surface area contributed by atoms with E-state index in [1.165, 1.54) is 24.0 Å². The van der Waals surface area contributed by atoms with Crippen LogP contribution in [0.15, 0.2) is 18.2 Å². The van der Waals surface area contributed by atoms with Crippen LogP contribution >= 0.6 is 0 Å². The summed E-state index contributed by atoms with van der Waals surface area (Å²) >= 11 is 0. The lowest BCUT2D eigenvalue weighted by atomic mass is 9.90. The summed E-state index contributed by atoms with van der Waals surface area (Å²) in [5, 5.41) is 6.16. The second-order valence-electron chi connectivity index (χ2n) is 6.62. The van der Waals surface area contributed by atoms with E-state index in [1.807, 2.05) is 19.1 Å². The molecule has 1 saturated heterocycles. The highest BCUT2D eigenvalue weighted by molar-refractivity contribution is 7.91. The predicted octanol–water partition coefficient (Wildman–Crippen LogP) is 1.67. The number of hydrogen-bond acceptors (Lipinski definition) is 4. The topological polar surface area (TPSA) is 75.3 Å². The Morgan fingerprint density at radius 3 is 2.78 bits per heavy atom. The van der Waals surface area contributed by atoms with E-state index >= 15 is 0 Å². The minimum Gasteiger partial charge on any atom is -0.374 e. The Morgan fingerprint density at radius 1 is 1.26 bits per heavy atom. The number of sulfone groups is 1. The number of hydrogen-bond donors (Lipinski definition) is 2. The van der Waals surface area contributed by atoms with Crippen molar-refractivity contribution in [3.8, 4) is 0 Å². The molecule has 1 aromatic carbocycles. The van der Waals surface area contributed by atoms with Crippen LogP contribution < -0.4 is 10.6 Å². The Bertz CT molecular complexity index is 700. The van der Waals surface area contributed by atoms with Crippen molar-refractivity contribution in [1.29, 1.82) is 0 Å². The molecule has 0 saturated carbocycles. The molecule has 1 fully saturated rings. The van der Waals surface area contributed by atoms with E-state index in [-0.39, 0.29) is 29.5 Å². The van der Waals surface area contributed by atoms with Crippen LogP contribution in [0.1, 0.15) is 37.3 Å². The minimum absolute atomic E-state index is 0.0617. The van der Waals surface area contributed by atoms with Crippen LogP contribution in [0.3, 0.4) is 0 Å². The van der Waals surface area contributed by atoms with Crippen LogP contribution in [0.2, 0.25) is 0 Å². The van der Waals surface area contributed by atoms with Crippen LogP contribution in [0.5, 0.6) is 0 Å². The summed E-state index contributed by atoms with van der Waals surface area (Å²) in [4.78, 5) is 12.3. The fourth-order valence-electron chi connectivity index (χ4n) is 3.45. The monoisotopic (exact) mass is 336 g/mol. The Morgan fingerprint density at radius 2 is 2.04 bits per heavy atom. The summed E-state index contributed by atoms with van der Waals surface area (Å²) in [6.07, 6.45) is 5.08. The molecule has 1 aliphatic carbocycles. The number of carbonyl (C=O) groups excluding carboxylic acids is 1. The van der Waals surface area contributed by atoms with E-state index in [0.29, 0.717) is 6.42 Å². The summed E-state index contributed by atoms with van der Waals surface area (Å²) < 4.78 is 23.0. The van der Waals surface area contributed by atoms with Crippen molar-refractivity contribution in [3.63, 3.8) is 0 Å².